The molecule has 1 unspecified atom stereocenters. The quantitative estimate of drug-likeness (QED) is 0.803. The first-order valence-corrected chi connectivity index (χ1v) is 6.13. The molecule has 0 radical (unpaired) electrons. The number of amides is 1. The summed E-state index contributed by atoms with van der Waals surface area (Å²) < 4.78 is 1.17. The van der Waals surface area contributed by atoms with Gasteiger partial charge in [0.05, 0.1) is 6.04 Å². The Morgan fingerprint density at radius 3 is 2.62 bits per heavy atom. The van der Waals surface area contributed by atoms with Gasteiger partial charge in [0, 0.05) is 9.26 Å². The van der Waals surface area contributed by atoms with E-state index in [1.807, 2.05) is 24.3 Å². The first-order valence-electron chi connectivity index (χ1n) is 5.05. The van der Waals surface area contributed by atoms with Crippen molar-refractivity contribution in [2.24, 2.45) is 0 Å². The number of carbonyl (C=O) groups excluding carboxylic acids is 1. The average molecular weight is 353 g/mol. The zero-order chi connectivity index (χ0) is 10.7. The van der Waals surface area contributed by atoms with E-state index in [0.29, 0.717) is 0 Å². The second kappa shape index (κ2) is 6.42. The maximum absolute atomic E-state index is 11.7. The third-order valence-corrected chi connectivity index (χ3v) is 3.21. The van der Waals surface area contributed by atoms with Gasteiger partial charge < -0.3 is 10.6 Å². The average Bonchev–Trinajstić information content (AvgIpc) is 2.74. The summed E-state index contributed by atoms with van der Waals surface area (Å²) in [7, 11) is 0. The highest BCUT2D eigenvalue weighted by Gasteiger charge is 2.21. The van der Waals surface area contributed by atoms with Crippen molar-refractivity contribution < 1.29 is 4.79 Å². The van der Waals surface area contributed by atoms with Crippen molar-refractivity contribution in [3.05, 3.63) is 27.8 Å². The third-order valence-electron chi connectivity index (χ3n) is 2.49. The molecule has 5 heteroatoms. The van der Waals surface area contributed by atoms with Crippen molar-refractivity contribution in [3.8, 4) is 0 Å². The highest BCUT2D eigenvalue weighted by Crippen LogP contribution is 2.13. The van der Waals surface area contributed by atoms with Crippen LogP contribution in [0.1, 0.15) is 12.8 Å². The maximum Gasteiger partial charge on any atom is 0.241 e. The zero-order valence-corrected chi connectivity index (χ0v) is 11.7. The van der Waals surface area contributed by atoms with Gasteiger partial charge in [-0.1, -0.05) is 0 Å². The van der Waals surface area contributed by atoms with E-state index in [1.54, 1.807) is 0 Å². The van der Waals surface area contributed by atoms with Crippen LogP contribution in [-0.4, -0.2) is 18.5 Å². The summed E-state index contributed by atoms with van der Waals surface area (Å²) in [6.07, 6.45) is 2.03. The van der Waals surface area contributed by atoms with Crippen molar-refractivity contribution in [2.75, 3.05) is 11.9 Å². The monoisotopic (exact) mass is 352 g/mol. The molecule has 2 N–H and O–H groups in total. The molecule has 1 aliphatic heterocycles. The van der Waals surface area contributed by atoms with Crippen LogP contribution in [0.15, 0.2) is 24.3 Å². The number of hydrogen-bond donors (Lipinski definition) is 2. The van der Waals surface area contributed by atoms with E-state index in [0.717, 1.165) is 25.1 Å². The molecule has 2 rings (SSSR count). The number of hydrogen-bond acceptors (Lipinski definition) is 2. The molecule has 1 fully saturated rings. The van der Waals surface area contributed by atoms with E-state index in [2.05, 4.69) is 33.2 Å². The van der Waals surface area contributed by atoms with Gasteiger partial charge in [0.2, 0.25) is 5.91 Å². The Balaban J connectivity index is 0.00000128. The fraction of sp³-hybridized carbons (Fsp3) is 0.364. The minimum atomic E-state index is -0.00993. The van der Waals surface area contributed by atoms with Crippen molar-refractivity contribution in [1.82, 2.24) is 5.32 Å². The minimum Gasteiger partial charge on any atom is -0.325 e. The third kappa shape index (κ3) is 3.61. The lowest BCUT2D eigenvalue weighted by Gasteiger charge is -2.10. The molecule has 3 nitrogen and oxygen atoms in total. The highest BCUT2D eigenvalue weighted by atomic mass is 127. The Morgan fingerprint density at radius 1 is 1.38 bits per heavy atom. The Labute approximate surface area is 115 Å². The SMILES string of the molecule is Cl.O=C(Nc1ccc(I)cc1)C1CCCN1. The lowest BCUT2D eigenvalue weighted by atomic mass is 10.2. The highest BCUT2D eigenvalue weighted by molar-refractivity contribution is 14.1. The zero-order valence-electron chi connectivity index (χ0n) is 8.70. The molecule has 1 amide bonds. The van der Waals surface area contributed by atoms with Crippen LogP contribution in [-0.2, 0) is 4.79 Å². The van der Waals surface area contributed by atoms with Crippen molar-refractivity contribution >= 4 is 46.6 Å². The van der Waals surface area contributed by atoms with Gasteiger partial charge in [-0.3, -0.25) is 4.79 Å². The molecule has 1 aromatic rings. The molecule has 1 heterocycles. The number of nitrogens with one attached hydrogen (secondary N) is 2. The van der Waals surface area contributed by atoms with E-state index in [-0.39, 0.29) is 24.4 Å². The molecule has 0 bridgehead atoms. The van der Waals surface area contributed by atoms with Crippen molar-refractivity contribution in [3.63, 3.8) is 0 Å². The van der Waals surface area contributed by atoms with Crippen LogP contribution >= 0.6 is 35.0 Å². The van der Waals surface area contributed by atoms with Crippen LogP contribution in [0.4, 0.5) is 5.69 Å². The van der Waals surface area contributed by atoms with Crippen LogP contribution in [0.2, 0.25) is 0 Å². The van der Waals surface area contributed by atoms with Gasteiger partial charge in [0.25, 0.3) is 0 Å². The number of rotatable bonds is 2. The maximum atomic E-state index is 11.7. The van der Waals surface area contributed by atoms with Gasteiger partial charge >= 0.3 is 0 Å². The Hall–Kier alpha value is -0.330. The molecular formula is C11H14ClIN2O. The molecule has 88 valence electrons. The summed E-state index contributed by atoms with van der Waals surface area (Å²) in [6, 6.07) is 7.81. The molecule has 0 spiro atoms. The lowest BCUT2D eigenvalue weighted by molar-refractivity contribution is -0.117. The minimum absolute atomic E-state index is 0. The second-order valence-corrected chi connectivity index (χ2v) is 4.89. The largest absolute Gasteiger partial charge is 0.325 e. The predicted octanol–water partition coefficient (Wildman–Crippen LogP) is 2.40. The fourth-order valence-corrected chi connectivity index (χ4v) is 2.03. The van der Waals surface area contributed by atoms with Crippen LogP contribution in [0, 0.1) is 3.57 Å². The topological polar surface area (TPSA) is 41.1 Å². The van der Waals surface area contributed by atoms with Crippen molar-refractivity contribution in [2.45, 2.75) is 18.9 Å². The molecule has 1 aromatic carbocycles. The number of anilines is 1. The van der Waals surface area contributed by atoms with Crippen LogP contribution in [0.5, 0.6) is 0 Å². The first-order chi connectivity index (χ1) is 7.25. The Kier molecular flexibility index (Phi) is 5.51. The molecular weight excluding hydrogens is 338 g/mol. The summed E-state index contributed by atoms with van der Waals surface area (Å²) in [4.78, 5) is 11.7. The van der Waals surface area contributed by atoms with Gasteiger partial charge in [-0.05, 0) is 66.2 Å². The number of carbonyl (C=O) groups is 1. The molecule has 0 aliphatic carbocycles. The normalized spacial score (nSPS) is 18.9. The summed E-state index contributed by atoms with van der Waals surface area (Å²) in [6.45, 7) is 0.949. The standard InChI is InChI=1S/C11H13IN2O.ClH/c12-8-3-5-9(6-4-8)14-11(15)10-2-1-7-13-10;/h3-6,10,13H,1-2,7H2,(H,14,15);1H. The van der Waals surface area contributed by atoms with Gasteiger partial charge in [-0.15, -0.1) is 12.4 Å². The molecule has 1 aliphatic rings. The molecule has 1 saturated heterocycles. The smallest absolute Gasteiger partial charge is 0.241 e. The molecule has 1 atom stereocenters. The van der Waals surface area contributed by atoms with Gasteiger partial charge in [0.1, 0.15) is 0 Å². The molecule has 0 aromatic heterocycles. The van der Waals surface area contributed by atoms with Gasteiger partial charge in [-0.25, -0.2) is 0 Å². The Bertz CT molecular complexity index is 350. The van der Waals surface area contributed by atoms with Crippen molar-refractivity contribution in [1.29, 1.82) is 0 Å². The first kappa shape index (κ1) is 13.7. The second-order valence-electron chi connectivity index (χ2n) is 3.65. The van der Waals surface area contributed by atoms with E-state index in [4.69, 9.17) is 0 Å². The molecule has 16 heavy (non-hydrogen) atoms. The summed E-state index contributed by atoms with van der Waals surface area (Å²) in [5, 5.41) is 6.08. The summed E-state index contributed by atoms with van der Waals surface area (Å²) in [5.74, 6) is 0.0775. The fourth-order valence-electron chi connectivity index (χ4n) is 1.67. The Morgan fingerprint density at radius 2 is 2.06 bits per heavy atom. The van der Waals surface area contributed by atoms with E-state index in [9.17, 15) is 4.79 Å². The number of benzene rings is 1. The van der Waals surface area contributed by atoms with Crippen LogP contribution in [0.3, 0.4) is 0 Å². The van der Waals surface area contributed by atoms with Crippen LogP contribution in [0.25, 0.3) is 0 Å². The van der Waals surface area contributed by atoms with Gasteiger partial charge in [0.15, 0.2) is 0 Å². The summed E-state index contributed by atoms with van der Waals surface area (Å²) >= 11 is 2.24. The summed E-state index contributed by atoms with van der Waals surface area (Å²) in [5.41, 5.74) is 0.870. The number of halogens is 2. The van der Waals surface area contributed by atoms with Crippen LogP contribution < -0.4 is 10.6 Å². The lowest BCUT2D eigenvalue weighted by Crippen LogP contribution is -2.35. The van der Waals surface area contributed by atoms with E-state index >= 15 is 0 Å². The predicted molar refractivity (Wildman–Crippen MR) is 76.1 cm³/mol. The van der Waals surface area contributed by atoms with Gasteiger partial charge in [-0.2, -0.15) is 0 Å². The molecule has 0 saturated carbocycles. The van der Waals surface area contributed by atoms with E-state index < -0.39 is 0 Å². The van der Waals surface area contributed by atoms with E-state index in [1.165, 1.54) is 3.57 Å².